The quantitative estimate of drug-likeness (QED) is 0.620. The summed E-state index contributed by atoms with van der Waals surface area (Å²) in [6.45, 7) is 4.82. The smallest absolute Gasteiger partial charge is 0.252 e. The molecule has 0 aromatic heterocycles. The van der Waals surface area contributed by atoms with Crippen molar-refractivity contribution in [1.29, 1.82) is 0 Å². The van der Waals surface area contributed by atoms with Crippen LogP contribution in [0, 0.1) is 0 Å². The zero-order chi connectivity index (χ0) is 21.5. The van der Waals surface area contributed by atoms with Gasteiger partial charge in [-0.25, -0.2) is 0 Å². The van der Waals surface area contributed by atoms with E-state index >= 15 is 0 Å². The van der Waals surface area contributed by atoms with Gasteiger partial charge >= 0.3 is 0 Å². The summed E-state index contributed by atoms with van der Waals surface area (Å²) in [5.74, 6) is 0.886. The highest BCUT2D eigenvalue weighted by Gasteiger charge is 2.42. The lowest BCUT2D eigenvalue weighted by Gasteiger charge is -2.28. The summed E-state index contributed by atoms with van der Waals surface area (Å²) in [5.41, 5.74) is 2.50. The lowest BCUT2D eigenvalue weighted by molar-refractivity contribution is -0.141. The molecule has 5 nitrogen and oxygen atoms in total. The summed E-state index contributed by atoms with van der Waals surface area (Å²) in [5, 5.41) is 3.16. The summed E-state index contributed by atoms with van der Waals surface area (Å²) in [6.07, 6.45) is 5.88. The number of nitrogens with zero attached hydrogens (tertiary/aromatic N) is 1. The first-order valence-electron chi connectivity index (χ1n) is 11.6. The van der Waals surface area contributed by atoms with Crippen molar-refractivity contribution in [2.75, 3.05) is 39.9 Å². The largest absolute Gasteiger partial charge is 0.496 e. The molecule has 0 radical (unpaired) electrons. The number of carbonyl (C=O) groups excluding carboxylic acids is 1. The van der Waals surface area contributed by atoms with Crippen molar-refractivity contribution in [3.05, 3.63) is 54.1 Å². The van der Waals surface area contributed by atoms with Crippen LogP contribution >= 0.6 is 0 Å². The van der Waals surface area contributed by atoms with Gasteiger partial charge in [-0.05, 0) is 68.9 Å². The number of likely N-dealkylation sites (tertiary alicyclic amines) is 1. The van der Waals surface area contributed by atoms with Gasteiger partial charge in [-0.2, -0.15) is 0 Å². The molecule has 0 spiro atoms. The van der Waals surface area contributed by atoms with E-state index < -0.39 is 5.60 Å². The van der Waals surface area contributed by atoms with Gasteiger partial charge in [0.25, 0.3) is 5.91 Å². The molecular formula is C26H34N2O3. The van der Waals surface area contributed by atoms with Crippen LogP contribution in [0.4, 0.5) is 0 Å². The number of para-hydroxylation sites is 1. The second-order valence-electron chi connectivity index (χ2n) is 8.68. The summed E-state index contributed by atoms with van der Waals surface area (Å²) in [4.78, 5) is 15.6. The van der Waals surface area contributed by atoms with E-state index in [2.05, 4.69) is 34.5 Å². The van der Waals surface area contributed by atoms with Gasteiger partial charge in [0.15, 0.2) is 5.60 Å². The third-order valence-corrected chi connectivity index (χ3v) is 6.49. The van der Waals surface area contributed by atoms with Crippen LogP contribution in [-0.2, 0) is 16.0 Å². The fraction of sp³-hybridized carbons (Fsp3) is 0.500. The number of rotatable bonds is 9. The van der Waals surface area contributed by atoms with Gasteiger partial charge < -0.3 is 19.7 Å². The zero-order valence-corrected chi connectivity index (χ0v) is 18.6. The standard InChI is InChI=1S/C26H34N2O3/c1-30-24-12-3-2-11-23(24)22-10-6-9-21(19-22)20-26(13-7-18-31-26)25(29)27-14-8-17-28-15-4-5-16-28/h2-3,6,9-12,19H,4-5,7-8,13-18,20H2,1H3,(H,27,29). The normalized spacial score (nSPS) is 21.3. The van der Waals surface area contributed by atoms with E-state index in [0.717, 1.165) is 48.2 Å². The number of hydrogen-bond donors (Lipinski definition) is 1. The highest BCUT2D eigenvalue weighted by atomic mass is 16.5. The Bertz CT molecular complexity index is 870. The number of amides is 1. The van der Waals surface area contributed by atoms with Crippen LogP contribution in [0.3, 0.4) is 0 Å². The van der Waals surface area contributed by atoms with Crippen molar-refractivity contribution in [1.82, 2.24) is 10.2 Å². The van der Waals surface area contributed by atoms with Gasteiger partial charge in [-0.15, -0.1) is 0 Å². The van der Waals surface area contributed by atoms with Gasteiger partial charge in [-0.1, -0.05) is 42.5 Å². The maximum Gasteiger partial charge on any atom is 0.252 e. The van der Waals surface area contributed by atoms with Gasteiger partial charge in [0, 0.05) is 25.1 Å². The van der Waals surface area contributed by atoms with E-state index in [4.69, 9.17) is 9.47 Å². The highest BCUT2D eigenvalue weighted by Crippen LogP contribution is 2.33. The van der Waals surface area contributed by atoms with Gasteiger partial charge in [0.05, 0.1) is 7.11 Å². The molecule has 166 valence electrons. The Kier molecular flexibility index (Phi) is 7.25. The SMILES string of the molecule is COc1ccccc1-c1cccc(CC2(C(=O)NCCCN3CCCC3)CCCO2)c1. The molecule has 1 atom stereocenters. The van der Waals surface area contributed by atoms with E-state index in [0.29, 0.717) is 19.6 Å². The Labute approximate surface area is 185 Å². The third-order valence-electron chi connectivity index (χ3n) is 6.49. The van der Waals surface area contributed by atoms with E-state index in [1.165, 1.54) is 25.9 Å². The summed E-state index contributed by atoms with van der Waals surface area (Å²) in [7, 11) is 1.69. The molecule has 2 aliphatic heterocycles. The molecule has 4 rings (SSSR count). The average Bonchev–Trinajstić information content (AvgIpc) is 3.50. The highest BCUT2D eigenvalue weighted by molar-refractivity contribution is 5.86. The zero-order valence-electron chi connectivity index (χ0n) is 18.6. The number of ether oxygens (including phenoxy) is 2. The molecule has 0 saturated carbocycles. The van der Waals surface area contributed by atoms with Crippen LogP contribution in [0.2, 0.25) is 0 Å². The molecule has 5 heteroatoms. The van der Waals surface area contributed by atoms with Crippen LogP contribution in [-0.4, -0.2) is 56.3 Å². The van der Waals surface area contributed by atoms with E-state index in [9.17, 15) is 4.79 Å². The Morgan fingerprint density at radius 2 is 1.97 bits per heavy atom. The van der Waals surface area contributed by atoms with Crippen molar-refractivity contribution in [3.8, 4) is 16.9 Å². The Balaban J connectivity index is 1.42. The number of methoxy groups -OCH3 is 1. The van der Waals surface area contributed by atoms with Gasteiger partial charge in [0.1, 0.15) is 5.75 Å². The van der Waals surface area contributed by atoms with Gasteiger partial charge in [-0.3, -0.25) is 4.79 Å². The average molecular weight is 423 g/mol. The molecule has 1 N–H and O–H groups in total. The van der Waals surface area contributed by atoms with E-state index in [1.54, 1.807) is 7.11 Å². The summed E-state index contributed by atoms with van der Waals surface area (Å²) in [6, 6.07) is 16.4. The maximum atomic E-state index is 13.2. The second-order valence-corrected chi connectivity index (χ2v) is 8.68. The number of nitrogens with one attached hydrogen (secondary N) is 1. The molecule has 2 saturated heterocycles. The molecule has 2 aromatic rings. The molecule has 1 amide bonds. The van der Waals surface area contributed by atoms with Crippen molar-refractivity contribution in [2.45, 2.75) is 44.1 Å². The summed E-state index contributed by atoms with van der Waals surface area (Å²) < 4.78 is 11.6. The van der Waals surface area contributed by atoms with Crippen molar-refractivity contribution in [2.24, 2.45) is 0 Å². The van der Waals surface area contributed by atoms with Crippen molar-refractivity contribution >= 4 is 5.91 Å². The number of hydrogen-bond acceptors (Lipinski definition) is 4. The molecule has 2 heterocycles. The lowest BCUT2D eigenvalue weighted by atomic mass is 9.89. The minimum absolute atomic E-state index is 0.0362. The summed E-state index contributed by atoms with van der Waals surface area (Å²) >= 11 is 0. The predicted octanol–water partition coefficient (Wildman–Crippen LogP) is 4.06. The first kappa shape index (κ1) is 21.8. The Morgan fingerprint density at radius 1 is 1.13 bits per heavy atom. The number of benzene rings is 2. The van der Waals surface area contributed by atoms with E-state index in [1.807, 2.05) is 24.3 Å². The van der Waals surface area contributed by atoms with Crippen LogP contribution in [0.15, 0.2) is 48.5 Å². The van der Waals surface area contributed by atoms with Crippen molar-refractivity contribution in [3.63, 3.8) is 0 Å². The maximum absolute atomic E-state index is 13.2. The fourth-order valence-electron chi connectivity index (χ4n) is 4.83. The van der Waals surface area contributed by atoms with Crippen LogP contribution in [0.1, 0.15) is 37.7 Å². The molecule has 0 bridgehead atoms. The minimum Gasteiger partial charge on any atom is -0.496 e. The molecule has 1 unspecified atom stereocenters. The van der Waals surface area contributed by atoms with E-state index in [-0.39, 0.29) is 5.91 Å². The lowest BCUT2D eigenvalue weighted by Crippen LogP contribution is -2.48. The Morgan fingerprint density at radius 3 is 2.74 bits per heavy atom. The van der Waals surface area contributed by atoms with Crippen LogP contribution in [0.25, 0.3) is 11.1 Å². The van der Waals surface area contributed by atoms with Crippen molar-refractivity contribution < 1.29 is 14.3 Å². The Hall–Kier alpha value is -2.37. The van der Waals surface area contributed by atoms with Crippen LogP contribution < -0.4 is 10.1 Å². The molecular weight excluding hydrogens is 388 g/mol. The molecule has 2 fully saturated rings. The first-order chi connectivity index (χ1) is 15.2. The fourth-order valence-corrected chi connectivity index (χ4v) is 4.83. The second kappa shape index (κ2) is 10.3. The predicted molar refractivity (Wildman–Crippen MR) is 123 cm³/mol. The first-order valence-corrected chi connectivity index (χ1v) is 11.6. The molecule has 2 aliphatic rings. The van der Waals surface area contributed by atoms with Gasteiger partial charge in [0.2, 0.25) is 0 Å². The number of carbonyl (C=O) groups is 1. The molecule has 2 aromatic carbocycles. The topological polar surface area (TPSA) is 50.8 Å². The molecule has 0 aliphatic carbocycles. The molecule has 31 heavy (non-hydrogen) atoms. The van der Waals surface area contributed by atoms with Crippen LogP contribution in [0.5, 0.6) is 5.75 Å². The monoisotopic (exact) mass is 422 g/mol. The minimum atomic E-state index is -0.757. The third kappa shape index (κ3) is 5.28.